The molecule has 0 saturated heterocycles. The second-order valence-corrected chi connectivity index (χ2v) is 3.92. The molecule has 1 N–H and O–H groups in total. The molecule has 0 fully saturated rings. The third kappa shape index (κ3) is 2.90. The van der Waals surface area contributed by atoms with Crippen molar-refractivity contribution < 1.29 is 14.6 Å². The van der Waals surface area contributed by atoms with E-state index in [1.807, 2.05) is 32.0 Å². The molecule has 1 aromatic carbocycles. The Balaban J connectivity index is 0.00000162. The van der Waals surface area contributed by atoms with E-state index in [-0.39, 0.29) is 19.0 Å². The van der Waals surface area contributed by atoms with Crippen molar-refractivity contribution in [3.8, 4) is 5.75 Å². The molecule has 2 rings (SSSR count). The number of pyridine rings is 1. The van der Waals surface area contributed by atoms with Gasteiger partial charge in [-0.05, 0) is 25.5 Å². The number of halogens is 1. The van der Waals surface area contributed by atoms with E-state index in [0.29, 0.717) is 5.75 Å². The Morgan fingerprint density at radius 1 is 1.39 bits per heavy atom. The van der Waals surface area contributed by atoms with Gasteiger partial charge >= 0.3 is 5.97 Å². The molecular formula is C13H14ClNO3. The first kappa shape index (κ1) is 14.3. The lowest BCUT2D eigenvalue weighted by Crippen LogP contribution is -2.10. The molecule has 0 radical (unpaired) electrons. The van der Waals surface area contributed by atoms with Gasteiger partial charge in [-0.25, -0.2) is 4.79 Å². The quantitative estimate of drug-likeness (QED) is 0.929. The minimum Gasteiger partial charge on any atom is -0.481 e. The number of para-hydroxylation sites is 1. The van der Waals surface area contributed by atoms with E-state index >= 15 is 0 Å². The van der Waals surface area contributed by atoms with Crippen LogP contribution in [0.4, 0.5) is 0 Å². The normalized spacial score (nSPS) is 9.89. The molecule has 0 saturated carbocycles. The fourth-order valence-electron chi connectivity index (χ4n) is 1.74. The number of carbonyl (C=O) groups is 1. The minimum atomic E-state index is -0.986. The summed E-state index contributed by atoms with van der Waals surface area (Å²) < 4.78 is 5.28. The van der Waals surface area contributed by atoms with Gasteiger partial charge in [-0.15, -0.1) is 12.4 Å². The predicted octanol–water partition coefficient (Wildman–Crippen LogP) is 2.74. The summed E-state index contributed by atoms with van der Waals surface area (Å²) in [6.07, 6.45) is 0. The van der Waals surface area contributed by atoms with Gasteiger partial charge in [0.2, 0.25) is 0 Å². The molecule has 18 heavy (non-hydrogen) atoms. The summed E-state index contributed by atoms with van der Waals surface area (Å²) in [4.78, 5) is 15.0. The summed E-state index contributed by atoms with van der Waals surface area (Å²) in [5.74, 6) is -0.418. The number of rotatable bonds is 3. The second kappa shape index (κ2) is 5.69. The van der Waals surface area contributed by atoms with E-state index in [2.05, 4.69) is 4.98 Å². The molecule has 5 heteroatoms. The lowest BCUT2D eigenvalue weighted by Gasteiger charge is -2.09. The van der Waals surface area contributed by atoms with E-state index in [9.17, 15) is 4.79 Å². The topological polar surface area (TPSA) is 59.4 Å². The van der Waals surface area contributed by atoms with E-state index < -0.39 is 5.97 Å². The number of ether oxygens (including phenoxy) is 1. The minimum absolute atomic E-state index is 0. The van der Waals surface area contributed by atoms with Gasteiger partial charge in [-0.2, -0.15) is 0 Å². The van der Waals surface area contributed by atoms with Gasteiger partial charge < -0.3 is 9.84 Å². The number of aryl methyl sites for hydroxylation is 2. The second-order valence-electron chi connectivity index (χ2n) is 3.92. The lowest BCUT2D eigenvalue weighted by atomic mass is 10.1. The number of hydrogen-bond donors (Lipinski definition) is 1. The largest absolute Gasteiger partial charge is 0.481 e. The first-order valence-electron chi connectivity index (χ1n) is 5.29. The number of aromatic nitrogens is 1. The Bertz CT molecular complexity index is 584. The Hall–Kier alpha value is -1.81. The monoisotopic (exact) mass is 267 g/mol. The highest BCUT2D eigenvalue weighted by Crippen LogP contribution is 2.27. The van der Waals surface area contributed by atoms with E-state index in [1.54, 1.807) is 6.07 Å². The summed E-state index contributed by atoms with van der Waals surface area (Å²) in [6, 6.07) is 7.51. The molecule has 1 heterocycles. The molecule has 2 aromatic rings. The number of hydrogen-bond acceptors (Lipinski definition) is 3. The highest BCUT2D eigenvalue weighted by atomic mass is 35.5. The summed E-state index contributed by atoms with van der Waals surface area (Å²) in [5.41, 5.74) is 2.71. The van der Waals surface area contributed by atoms with Gasteiger partial charge in [-0.1, -0.05) is 12.1 Å². The predicted molar refractivity (Wildman–Crippen MR) is 71.6 cm³/mol. The van der Waals surface area contributed by atoms with Crippen molar-refractivity contribution >= 4 is 29.3 Å². The number of carboxylic acid groups (broad SMARTS) is 1. The fraction of sp³-hybridized carbons (Fsp3) is 0.231. The zero-order valence-electron chi connectivity index (χ0n) is 10.1. The van der Waals surface area contributed by atoms with Crippen molar-refractivity contribution in [2.75, 3.05) is 6.61 Å². The van der Waals surface area contributed by atoms with Gasteiger partial charge in [-0.3, -0.25) is 4.98 Å². The molecule has 0 spiro atoms. The van der Waals surface area contributed by atoms with Crippen molar-refractivity contribution in [1.82, 2.24) is 4.98 Å². The number of nitrogens with zero attached hydrogens (tertiary/aromatic N) is 1. The van der Waals surface area contributed by atoms with Crippen molar-refractivity contribution in [1.29, 1.82) is 0 Å². The van der Waals surface area contributed by atoms with Crippen LogP contribution in [0, 0.1) is 13.8 Å². The molecule has 0 aliphatic rings. The Labute approximate surface area is 111 Å². The van der Waals surface area contributed by atoms with E-state index in [0.717, 1.165) is 22.2 Å². The van der Waals surface area contributed by atoms with Crippen LogP contribution in [-0.4, -0.2) is 22.7 Å². The van der Waals surface area contributed by atoms with E-state index in [4.69, 9.17) is 9.84 Å². The molecular weight excluding hydrogens is 254 g/mol. The van der Waals surface area contributed by atoms with Crippen molar-refractivity contribution in [3.05, 3.63) is 35.5 Å². The maximum Gasteiger partial charge on any atom is 0.341 e. The summed E-state index contributed by atoms with van der Waals surface area (Å²) in [5, 5.41) is 9.47. The van der Waals surface area contributed by atoms with E-state index in [1.165, 1.54) is 0 Å². The smallest absolute Gasteiger partial charge is 0.341 e. The van der Waals surface area contributed by atoms with Gasteiger partial charge in [0.25, 0.3) is 0 Å². The maximum atomic E-state index is 10.5. The zero-order chi connectivity index (χ0) is 12.4. The van der Waals surface area contributed by atoms with Crippen molar-refractivity contribution in [3.63, 3.8) is 0 Å². The molecule has 4 nitrogen and oxygen atoms in total. The maximum absolute atomic E-state index is 10.5. The Morgan fingerprint density at radius 3 is 2.78 bits per heavy atom. The van der Waals surface area contributed by atoms with Crippen LogP contribution < -0.4 is 4.74 Å². The molecule has 0 aliphatic heterocycles. The Kier molecular flexibility index (Phi) is 4.50. The Morgan fingerprint density at radius 2 is 2.11 bits per heavy atom. The summed E-state index contributed by atoms with van der Waals surface area (Å²) in [6.45, 7) is 3.49. The highest BCUT2D eigenvalue weighted by Gasteiger charge is 2.08. The number of carboxylic acids is 1. The standard InChI is InChI=1S/C13H13NO3.ClH/c1-8-4-3-5-10-11(17-7-12(15)16)6-9(2)14-13(8)10;/h3-6H,7H2,1-2H3,(H,15,16);1H. The highest BCUT2D eigenvalue weighted by molar-refractivity contribution is 5.88. The third-order valence-electron chi connectivity index (χ3n) is 2.48. The molecule has 0 bridgehead atoms. The molecule has 0 atom stereocenters. The number of benzene rings is 1. The van der Waals surface area contributed by atoms with Gasteiger partial charge in [0.1, 0.15) is 5.75 Å². The molecule has 0 aliphatic carbocycles. The van der Waals surface area contributed by atoms with Gasteiger partial charge in [0.05, 0.1) is 5.52 Å². The summed E-state index contributed by atoms with van der Waals surface area (Å²) in [7, 11) is 0. The van der Waals surface area contributed by atoms with Gasteiger partial charge in [0, 0.05) is 17.1 Å². The number of fused-ring (bicyclic) bond motifs is 1. The van der Waals surface area contributed by atoms with Crippen LogP contribution in [0.2, 0.25) is 0 Å². The summed E-state index contributed by atoms with van der Waals surface area (Å²) >= 11 is 0. The van der Waals surface area contributed by atoms with Crippen LogP contribution >= 0.6 is 12.4 Å². The van der Waals surface area contributed by atoms with Gasteiger partial charge in [0.15, 0.2) is 6.61 Å². The van der Waals surface area contributed by atoms with Crippen LogP contribution in [0.15, 0.2) is 24.3 Å². The van der Waals surface area contributed by atoms with Crippen molar-refractivity contribution in [2.45, 2.75) is 13.8 Å². The van der Waals surface area contributed by atoms with Crippen molar-refractivity contribution in [2.24, 2.45) is 0 Å². The fourth-order valence-corrected chi connectivity index (χ4v) is 1.74. The first-order chi connectivity index (χ1) is 8.08. The van der Waals surface area contributed by atoms with Crippen LogP contribution in [0.3, 0.4) is 0 Å². The third-order valence-corrected chi connectivity index (χ3v) is 2.48. The SMILES string of the molecule is Cc1cc(OCC(=O)O)c2cccc(C)c2n1.Cl. The average molecular weight is 268 g/mol. The zero-order valence-corrected chi connectivity index (χ0v) is 11.0. The van der Waals surface area contributed by atoms with Crippen LogP contribution in [0.5, 0.6) is 5.75 Å². The molecule has 96 valence electrons. The lowest BCUT2D eigenvalue weighted by molar-refractivity contribution is -0.139. The average Bonchev–Trinajstić information content (AvgIpc) is 2.27. The van der Waals surface area contributed by atoms with Crippen LogP contribution in [-0.2, 0) is 4.79 Å². The molecule has 0 amide bonds. The van der Waals surface area contributed by atoms with Crippen LogP contribution in [0.1, 0.15) is 11.3 Å². The molecule has 0 unspecified atom stereocenters. The number of aliphatic carboxylic acids is 1. The molecule has 1 aromatic heterocycles. The first-order valence-corrected chi connectivity index (χ1v) is 5.29. The van der Waals surface area contributed by atoms with Crippen LogP contribution in [0.25, 0.3) is 10.9 Å².